The van der Waals surface area contributed by atoms with Crippen molar-refractivity contribution in [3.63, 3.8) is 0 Å². The summed E-state index contributed by atoms with van der Waals surface area (Å²) in [7, 11) is 0. The maximum absolute atomic E-state index is 7.00. The molecule has 3 heterocycles. The van der Waals surface area contributed by atoms with Crippen LogP contribution in [0.1, 0.15) is 158 Å². The van der Waals surface area contributed by atoms with Crippen LogP contribution in [0.5, 0.6) is 11.5 Å². The molecule has 9 aromatic rings. The molecule has 2 aromatic heterocycles. The van der Waals surface area contributed by atoms with Gasteiger partial charge in [0, 0.05) is 46.0 Å². The van der Waals surface area contributed by atoms with Gasteiger partial charge in [-0.3, -0.25) is 4.57 Å². The molecule has 1 aliphatic heterocycles. The van der Waals surface area contributed by atoms with E-state index in [9.17, 15) is 0 Å². The summed E-state index contributed by atoms with van der Waals surface area (Å²) in [6.45, 7) is 42.0. The van der Waals surface area contributed by atoms with E-state index in [1.165, 1.54) is 72.4 Å². The van der Waals surface area contributed by atoms with Gasteiger partial charge in [0.2, 0.25) is 0 Å². The molecule has 1 aliphatic rings. The van der Waals surface area contributed by atoms with Crippen LogP contribution in [-0.4, -0.2) is 16.2 Å². The first-order valence-corrected chi connectivity index (χ1v) is 27.9. The van der Waals surface area contributed by atoms with Gasteiger partial charge in [-0.15, -0.1) is 0 Å². The molecule has 0 atom stereocenters. The maximum Gasteiger partial charge on any atom is 0.137 e. The average molecular weight is 1020 g/mol. The third-order valence-corrected chi connectivity index (χ3v) is 15.8. The Hall–Kier alpha value is -7.11. The second-order valence-electron chi connectivity index (χ2n) is 28.1. The Bertz CT molecular complexity index is 3630. The van der Waals surface area contributed by atoms with Crippen LogP contribution in [-0.2, 0) is 32.5 Å². The van der Waals surface area contributed by atoms with Crippen LogP contribution < -0.4 is 14.5 Å². The molecule has 10 rings (SSSR count). The molecule has 77 heavy (non-hydrogen) atoms. The van der Waals surface area contributed by atoms with Gasteiger partial charge in [-0.05, 0) is 149 Å². The van der Waals surface area contributed by atoms with E-state index in [1.54, 1.807) is 0 Å². The average Bonchev–Trinajstić information content (AvgIpc) is 4.10. The van der Waals surface area contributed by atoms with E-state index in [-0.39, 0.29) is 32.5 Å². The zero-order valence-corrected chi connectivity index (χ0v) is 49.4. The molecule has 0 bridgehead atoms. The van der Waals surface area contributed by atoms with Crippen LogP contribution in [0.3, 0.4) is 0 Å². The quantitative estimate of drug-likeness (QED) is 0.159. The number of rotatable bonds is 7. The number of para-hydroxylation sites is 1. The Kier molecular flexibility index (Phi) is 13.0. The molecule has 396 valence electrons. The number of anilines is 4. The second-order valence-corrected chi connectivity index (χ2v) is 28.1. The molecule has 0 saturated carbocycles. The minimum Gasteiger partial charge on any atom is -0.457 e. The largest absolute Gasteiger partial charge is 0.457 e. The summed E-state index contributed by atoms with van der Waals surface area (Å²) in [6, 6.07) is 56.9. The normalized spacial score (nSPS) is 13.7. The number of fused-ring (bicyclic) bond motifs is 4. The topological polar surface area (TPSA) is 33.5 Å². The highest BCUT2D eigenvalue weighted by Crippen LogP contribution is 2.51. The lowest BCUT2D eigenvalue weighted by Crippen LogP contribution is -2.25. The summed E-state index contributed by atoms with van der Waals surface area (Å²) in [5.41, 5.74) is 19.5. The van der Waals surface area contributed by atoms with E-state index in [1.807, 2.05) is 6.20 Å². The first-order valence-electron chi connectivity index (χ1n) is 27.9. The molecule has 0 amide bonds. The fraction of sp³-hybridized carbons (Fsp3) is 0.347. The number of ether oxygens (including phenoxy) is 1. The summed E-state index contributed by atoms with van der Waals surface area (Å²) in [5.74, 6) is 2.42. The maximum atomic E-state index is 7.00. The molecular weight excluding hydrogens is 937 g/mol. The Morgan fingerprint density at radius 2 is 0.935 bits per heavy atom. The number of aromatic nitrogens is 2. The monoisotopic (exact) mass is 1020 g/mol. The highest BCUT2D eigenvalue weighted by atomic mass is 16.5. The zero-order chi connectivity index (χ0) is 55.4. The summed E-state index contributed by atoms with van der Waals surface area (Å²) in [6.07, 6.45) is 1.95. The van der Waals surface area contributed by atoms with E-state index in [4.69, 9.17) is 9.72 Å². The van der Waals surface area contributed by atoms with Gasteiger partial charge in [0.15, 0.2) is 0 Å². The Morgan fingerprint density at radius 3 is 1.53 bits per heavy atom. The Labute approximate surface area is 461 Å². The molecule has 7 aromatic carbocycles. The molecule has 0 spiro atoms. The highest BCUT2D eigenvalue weighted by molar-refractivity contribution is 6.11. The van der Waals surface area contributed by atoms with Crippen LogP contribution >= 0.6 is 0 Å². The minimum atomic E-state index is -0.0519. The molecule has 0 N–H and O–H groups in total. The predicted octanol–water partition coefficient (Wildman–Crippen LogP) is 20.3. The summed E-state index contributed by atoms with van der Waals surface area (Å²) in [5, 5.41) is 2.33. The SMILES string of the molecule is CC(C)(C)c1ccc(-c2cccc3c2N(c2cc(C(C)(C)C)cc(C(C)(C)C)c2)CN3c2cccc(Oc3ccc4c5cc(-c6cc(C(C)(C)C)cc(C(C)(C)C)c6)ccc5n(-c5cc(C(C)(C)C)ccn5)c4c3)c2)cc1. The predicted molar refractivity (Wildman–Crippen MR) is 330 cm³/mol. The van der Waals surface area contributed by atoms with Gasteiger partial charge in [-0.1, -0.05) is 197 Å². The smallest absolute Gasteiger partial charge is 0.137 e. The molecule has 0 aliphatic carbocycles. The van der Waals surface area contributed by atoms with E-state index in [2.05, 4.69) is 291 Å². The van der Waals surface area contributed by atoms with Gasteiger partial charge in [0.25, 0.3) is 0 Å². The first-order chi connectivity index (χ1) is 35.9. The van der Waals surface area contributed by atoms with Crippen molar-refractivity contribution < 1.29 is 4.74 Å². The van der Waals surface area contributed by atoms with E-state index < -0.39 is 0 Å². The lowest BCUT2D eigenvalue weighted by Gasteiger charge is -2.30. The van der Waals surface area contributed by atoms with Crippen molar-refractivity contribution in [1.82, 2.24) is 9.55 Å². The van der Waals surface area contributed by atoms with Crippen molar-refractivity contribution in [2.45, 2.75) is 157 Å². The van der Waals surface area contributed by atoms with Crippen LogP contribution in [0, 0.1) is 0 Å². The lowest BCUT2D eigenvalue weighted by molar-refractivity contribution is 0.483. The van der Waals surface area contributed by atoms with E-state index in [0.29, 0.717) is 6.67 Å². The first kappa shape index (κ1) is 53.3. The standard InChI is InChI=1S/C72H82N4O/c1-67(2,3)49-28-25-46(26-29-49)59-23-20-24-63-66(59)75(56-40-53(71(13,14)15)39-54(41-56)72(16,17)18)45-74(63)55-21-19-22-57(43-55)77-58-30-31-60-61-37-47(48-35-51(69(7,8)9)38-52(36-48)70(10,11)12)27-32-62(61)76(64(60)44-58)65-42-50(33-34-73-65)68(4,5)6/h19-44H,45H2,1-18H3. The number of pyridine rings is 1. The third kappa shape index (κ3) is 10.6. The number of benzene rings is 7. The van der Waals surface area contributed by atoms with Crippen molar-refractivity contribution >= 4 is 44.6 Å². The summed E-state index contributed by atoms with van der Waals surface area (Å²) < 4.78 is 9.32. The summed E-state index contributed by atoms with van der Waals surface area (Å²) in [4.78, 5) is 10.0. The van der Waals surface area contributed by atoms with E-state index in [0.717, 1.165) is 45.1 Å². The van der Waals surface area contributed by atoms with Gasteiger partial charge in [-0.25, -0.2) is 4.98 Å². The minimum absolute atomic E-state index is 0.00707. The fourth-order valence-corrected chi connectivity index (χ4v) is 10.8. The molecule has 0 saturated heterocycles. The molecular formula is C72H82N4O. The second kappa shape index (κ2) is 18.8. The number of nitrogens with zero attached hydrogens (tertiary/aromatic N) is 4. The highest BCUT2D eigenvalue weighted by Gasteiger charge is 2.33. The number of hydrogen-bond acceptors (Lipinski definition) is 4. The lowest BCUT2D eigenvalue weighted by atomic mass is 9.79. The molecule has 0 unspecified atom stereocenters. The van der Waals surface area contributed by atoms with Gasteiger partial charge >= 0.3 is 0 Å². The van der Waals surface area contributed by atoms with Crippen LogP contribution in [0.15, 0.2) is 158 Å². The van der Waals surface area contributed by atoms with E-state index >= 15 is 0 Å². The Morgan fingerprint density at radius 1 is 0.377 bits per heavy atom. The Balaban J connectivity index is 1.08. The van der Waals surface area contributed by atoms with Gasteiger partial charge < -0.3 is 14.5 Å². The molecule has 5 nitrogen and oxygen atoms in total. The van der Waals surface area contributed by atoms with Gasteiger partial charge in [0.1, 0.15) is 24.0 Å². The fourth-order valence-electron chi connectivity index (χ4n) is 10.8. The van der Waals surface area contributed by atoms with Crippen molar-refractivity contribution in [2.75, 3.05) is 16.5 Å². The summed E-state index contributed by atoms with van der Waals surface area (Å²) >= 11 is 0. The van der Waals surface area contributed by atoms with Crippen molar-refractivity contribution in [2.24, 2.45) is 0 Å². The molecule has 0 radical (unpaired) electrons. The molecule has 5 heteroatoms. The van der Waals surface area contributed by atoms with Crippen molar-refractivity contribution in [3.8, 4) is 39.6 Å². The molecule has 0 fully saturated rings. The van der Waals surface area contributed by atoms with Crippen molar-refractivity contribution in [1.29, 1.82) is 0 Å². The van der Waals surface area contributed by atoms with Crippen LogP contribution in [0.25, 0.3) is 49.9 Å². The van der Waals surface area contributed by atoms with Crippen LogP contribution in [0.2, 0.25) is 0 Å². The number of hydrogen-bond donors (Lipinski definition) is 0. The van der Waals surface area contributed by atoms with Crippen molar-refractivity contribution in [3.05, 3.63) is 191 Å². The third-order valence-electron chi connectivity index (χ3n) is 15.8. The van der Waals surface area contributed by atoms with Gasteiger partial charge in [0.05, 0.1) is 22.4 Å². The zero-order valence-electron chi connectivity index (χ0n) is 49.4. The van der Waals surface area contributed by atoms with Gasteiger partial charge in [-0.2, -0.15) is 0 Å². The van der Waals surface area contributed by atoms with Crippen LogP contribution in [0.4, 0.5) is 22.7 Å².